The third kappa shape index (κ3) is 2.28. The molecule has 2 N–H and O–H groups in total. The lowest BCUT2D eigenvalue weighted by Crippen LogP contribution is -2.20. The molecular weight excluding hydrogens is 222 g/mol. The van der Waals surface area contributed by atoms with Crippen molar-refractivity contribution < 1.29 is 8.42 Å². The van der Waals surface area contributed by atoms with Crippen molar-refractivity contribution in [1.29, 1.82) is 0 Å². The molecule has 2 rings (SSSR count). The van der Waals surface area contributed by atoms with E-state index in [4.69, 9.17) is 5.73 Å². The van der Waals surface area contributed by atoms with Gasteiger partial charge in [0.05, 0.1) is 11.5 Å². The summed E-state index contributed by atoms with van der Waals surface area (Å²) in [5.41, 5.74) is 7.93. The summed E-state index contributed by atoms with van der Waals surface area (Å²) in [7, 11) is -2.90. The number of hydrogen-bond donors (Lipinski definition) is 1. The van der Waals surface area contributed by atoms with Crippen LogP contribution in [0.1, 0.15) is 17.0 Å². The van der Waals surface area contributed by atoms with Crippen molar-refractivity contribution in [1.82, 2.24) is 0 Å². The van der Waals surface area contributed by atoms with Crippen LogP contribution < -0.4 is 5.73 Å². The van der Waals surface area contributed by atoms with Crippen LogP contribution in [0.15, 0.2) is 24.3 Å². The largest absolute Gasteiger partial charge is 0.330 e. The minimum atomic E-state index is -2.90. The maximum atomic E-state index is 11.6. The lowest BCUT2D eigenvalue weighted by Gasteiger charge is -2.16. The van der Waals surface area contributed by atoms with Gasteiger partial charge in [0, 0.05) is 5.92 Å². The summed E-state index contributed by atoms with van der Waals surface area (Å²) in [4.78, 5) is 0. The van der Waals surface area contributed by atoms with Crippen LogP contribution in [0.25, 0.3) is 0 Å². The molecule has 0 spiro atoms. The Morgan fingerprint density at radius 3 is 2.75 bits per heavy atom. The van der Waals surface area contributed by atoms with Crippen LogP contribution in [0.4, 0.5) is 0 Å². The van der Waals surface area contributed by atoms with Gasteiger partial charge in [-0.25, -0.2) is 8.42 Å². The molecule has 16 heavy (non-hydrogen) atoms. The molecular formula is C12H17NO2S. The molecule has 0 saturated carbocycles. The van der Waals surface area contributed by atoms with Gasteiger partial charge in [0.1, 0.15) is 0 Å². The van der Waals surface area contributed by atoms with E-state index in [1.54, 1.807) is 0 Å². The van der Waals surface area contributed by atoms with Gasteiger partial charge in [-0.05, 0) is 24.9 Å². The Kier molecular flexibility index (Phi) is 3.04. The average Bonchev–Trinajstić information content (AvgIpc) is 2.54. The molecule has 1 aliphatic heterocycles. The second-order valence-electron chi connectivity index (χ2n) is 4.59. The number of sulfone groups is 1. The lowest BCUT2D eigenvalue weighted by molar-refractivity contribution is 0.533. The van der Waals surface area contributed by atoms with Crippen molar-refractivity contribution in [2.75, 3.05) is 18.1 Å². The Bertz CT molecular complexity index is 482. The zero-order valence-electron chi connectivity index (χ0n) is 9.39. The van der Waals surface area contributed by atoms with Crippen molar-refractivity contribution in [2.24, 2.45) is 11.7 Å². The van der Waals surface area contributed by atoms with Crippen LogP contribution in [0, 0.1) is 12.8 Å². The summed E-state index contributed by atoms with van der Waals surface area (Å²) in [6, 6.07) is 8.06. The van der Waals surface area contributed by atoms with E-state index in [0.717, 1.165) is 11.1 Å². The first-order valence-corrected chi connectivity index (χ1v) is 7.31. The minimum absolute atomic E-state index is 0.0757. The van der Waals surface area contributed by atoms with Crippen molar-refractivity contribution in [2.45, 2.75) is 12.8 Å². The zero-order chi connectivity index (χ0) is 11.8. The summed E-state index contributed by atoms with van der Waals surface area (Å²) in [5, 5.41) is 0. The topological polar surface area (TPSA) is 60.2 Å². The SMILES string of the molecule is Cc1cccc(C2CS(=O)(=O)CC2CN)c1. The molecule has 4 heteroatoms. The first-order chi connectivity index (χ1) is 7.52. The van der Waals surface area contributed by atoms with Crippen molar-refractivity contribution in [3.8, 4) is 0 Å². The number of benzene rings is 1. The molecule has 1 saturated heterocycles. The van der Waals surface area contributed by atoms with Gasteiger partial charge in [-0.1, -0.05) is 29.8 Å². The van der Waals surface area contributed by atoms with E-state index in [-0.39, 0.29) is 23.3 Å². The molecule has 0 bridgehead atoms. The summed E-state index contributed by atoms with van der Waals surface area (Å²) >= 11 is 0. The molecule has 3 nitrogen and oxygen atoms in total. The Morgan fingerprint density at radius 1 is 1.38 bits per heavy atom. The second kappa shape index (κ2) is 4.18. The predicted octanol–water partition coefficient (Wildman–Crippen LogP) is 1.08. The summed E-state index contributed by atoms with van der Waals surface area (Å²) < 4.78 is 23.2. The molecule has 0 aromatic heterocycles. The van der Waals surface area contributed by atoms with Gasteiger partial charge in [0.25, 0.3) is 0 Å². The molecule has 2 atom stereocenters. The van der Waals surface area contributed by atoms with Crippen LogP contribution in [-0.2, 0) is 9.84 Å². The highest BCUT2D eigenvalue weighted by atomic mass is 32.2. The van der Waals surface area contributed by atoms with Crippen LogP contribution in [-0.4, -0.2) is 26.5 Å². The van der Waals surface area contributed by atoms with E-state index >= 15 is 0 Å². The summed E-state index contributed by atoms with van der Waals surface area (Å²) in [5.74, 6) is 0.641. The second-order valence-corrected chi connectivity index (χ2v) is 6.75. The van der Waals surface area contributed by atoms with Gasteiger partial charge in [0.15, 0.2) is 9.84 Å². The molecule has 0 radical (unpaired) electrons. The molecule has 88 valence electrons. The molecule has 1 aromatic rings. The monoisotopic (exact) mass is 239 g/mol. The zero-order valence-corrected chi connectivity index (χ0v) is 10.2. The highest BCUT2D eigenvalue weighted by molar-refractivity contribution is 7.91. The Labute approximate surface area is 96.6 Å². The molecule has 0 aliphatic carbocycles. The van der Waals surface area contributed by atoms with E-state index in [0.29, 0.717) is 6.54 Å². The fourth-order valence-electron chi connectivity index (χ4n) is 2.42. The first kappa shape index (κ1) is 11.6. The minimum Gasteiger partial charge on any atom is -0.330 e. The Morgan fingerprint density at radius 2 is 2.12 bits per heavy atom. The van der Waals surface area contributed by atoms with Crippen molar-refractivity contribution >= 4 is 9.84 Å². The highest BCUT2D eigenvalue weighted by Gasteiger charge is 2.37. The van der Waals surface area contributed by atoms with E-state index in [2.05, 4.69) is 6.07 Å². The third-order valence-electron chi connectivity index (χ3n) is 3.24. The summed E-state index contributed by atoms with van der Waals surface area (Å²) in [6.07, 6.45) is 0. The maximum Gasteiger partial charge on any atom is 0.151 e. The molecule has 1 aromatic carbocycles. The number of rotatable bonds is 2. The quantitative estimate of drug-likeness (QED) is 0.840. The maximum absolute atomic E-state index is 11.6. The van der Waals surface area contributed by atoms with Crippen molar-refractivity contribution in [3.05, 3.63) is 35.4 Å². The Hall–Kier alpha value is -0.870. The van der Waals surface area contributed by atoms with Crippen molar-refractivity contribution in [3.63, 3.8) is 0 Å². The van der Waals surface area contributed by atoms with E-state index in [1.807, 2.05) is 25.1 Å². The van der Waals surface area contributed by atoms with Crippen LogP contribution >= 0.6 is 0 Å². The summed E-state index contributed by atoms with van der Waals surface area (Å²) in [6.45, 7) is 2.46. The van der Waals surface area contributed by atoms with Gasteiger partial charge >= 0.3 is 0 Å². The Balaban J connectivity index is 2.33. The third-order valence-corrected chi connectivity index (χ3v) is 5.05. The van der Waals surface area contributed by atoms with E-state index < -0.39 is 9.84 Å². The first-order valence-electron chi connectivity index (χ1n) is 5.49. The van der Waals surface area contributed by atoms with Gasteiger partial charge in [-0.2, -0.15) is 0 Å². The number of nitrogens with two attached hydrogens (primary N) is 1. The van der Waals surface area contributed by atoms with Gasteiger partial charge < -0.3 is 5.73 Å². The van der Waals surface area contributed by atoms with Crippen LogP contribution in [0.2, 0.25) is 0 Å². The fraction of sp³-hybridized carbons (Fsp3) is 0.500. The molecule has 1 fully saturated rings. The number of aryl methyl sites for hydroxylation is 1. The lowest BCUT2D eigenvalue weighted by atomic mass is 9.88. The van der Waals surface area contributed by atoms with Gasteiger partial charge in [-0.15, -0.1) is 0 Å². The van der Waals surface area contributed by atoms with Crippen LogP contribution in [0.5, 0.6) is 0 Å². The van der Waals surface area contributed by atoms with E-state index in [1.165, 1.54) is 0 Å². The van der Waals surface area contributed by atoms with Gasteiger partial charge in [0.2, 0.25) is 0 Å². The van der Waals surface area contributed by atoms with Crippen LogP contribution in [0.3, 0.4) is 0 Å². The number of hydrogen-bond acceptors (Lipinski definition) is 3. The van der Waals surface area contributed by atoms with Gasteiger partial charge in [-0.3, -0.25) is 0 Å². The van der Waals surface area contributed by atoms with E-state index in [9.17, 15) is 8.42 Å². The standard InChI is InChI=1S/C12H17NO2S/c1-9-3-2-4-10(5-9)12-8-16(14,15)7-11(12)6-13/h2-5,11-12H,6-8,13H2,1H3. The fourth-order valence-corrected chi connectivity index (χ4v) is 4.59. The highest BCUT2D eigenvalue weighted by Crippen LogP contribution is 2.33. The molecule has 1 aliphatic rings. The molecule has 1 heterocycles. The average molecular weight is 239 g/mol. The smallest absolute Gasteiger partial charge is 0.151 e. The normalized spacial score (nSPS) is 28.1. The molecule has 2 unspecified atom stereocenters. The predicted molar refractivity (Wildman–Crippen MR) is 65.1 cm³/mol. The molecule has 0 amide bonds.